The van der Waals surface area contributed by atoms with Crippen molar-refractivity contribution in [3.63, 3.8) is 0 Å². The molecule has 4 nitrogen and oxygen atoms in total. The van der Waals surface area contributed by atoms with Crippen molar-refractivity contribution in [1.82, 2.24) is 15.1 Å². The van der Waals surface area contributed by atoms with Crippen LogP contribution in [-0.4, -0.2) is 20.9 Å². The molecule has 1 heterocycles. The van der Waals surface area contributed by atoms with Gasteiger partial charge in [0, 0.05) is 12.2 Å². The maximum Gasteiger partial charge on any atom is 0.171 e. The Morgan fingerprint density at radius 2 is 2.05 bits per heavy atom. The van der Waals surface area contributed by atoms with Crippen molar-refractivity contribution in [3.05, 3.63) is 48.0 Å². The lowest BCUT2D eigenvalue weighted by Gasteiger charge is -2.11. The summed E-state index contributed by atoms with van der Waals surface area (Å²) in [5.74, 6) is -0.235. The summed E-state index contributed by atoms with van der Waals surface area (Å²) in [7, 11) is 0. The Bertz CT molecular complexity index is 577. The number of anilines is 1. The highest BCUT2D eigenvalue weighted by Gasteiger charge is 2.03. The average molecular weight is 292 g/mol. The topological polar surface area (TPSA) is 41.9 Å². The maximum atomic E-state index is 12.8. The second kappa shape index (κ2) is 6.47. The minimum atomic E-state index is -0.235. The Morgan fingerprint density at radius 1 is 1.35 bits per heavy atom. The largest absolute Gasteiger partial charge is 0.360 e. The van der Waals surface area contributed by atoms with Crippen LogP contribution in [0.1, 0.15) is 19.4 Å². The second-order valence-electron chi connectivity index (χ2n) is 4.81. The number of rotatable bonds is 4. The van der Waals surface area contributed by atoms with Gasteiger partial charge in [0.15, 0.2) is 5.11 Å². The summed E-state index contributed by atoms with van der Waals surface area (Å²) in [5.41, 5.74) is 1.81. The zero-order valence-corrected chi connectivity index (χ0v) is 12.2. The van der Waals surface area contributed by atoms with E-state index in [9.17, 15) is 4.39 Å². The molecule has 0 saturated heterocycles. The predicted octanol–water partition coefficient (Wildman–Crippen LogP) is 2.77. The van der Waals surface area contributed by atoms with E-state index in [-0.39, 0.29) is 11.9 Å². The number of aromatic nitrogens is 2. The smallest absolute Gasteiger partial charge is 0.171 e. The molecule has 2 rings (SSSR count). The van der Waals surface area contributed by atoms with Gasteiger partial charge in [-0.25, -0.2) is 4.39 Å². The third-order valence-electron chi connectivity index (χ3n) is 2.57. The Morgan fingerprint density at radius 3 is 2.70 bits per heavy atom. The fourth-order valence-corrected chi connectivity index (χ4v) is 2.07. The standard InChI is InChI=1S/C14H17FN4S/c1-10(2)17-14(20)18-13-7-16-19(9-13)8-11-3-5-12(15)6-4-11/h3-7,9-10H,8H2,1-2H3,(H2,17,18,20). The van der Waals surface area contributed by atoms with Crippen LogP contribution in [-0.2, 0) is 6.54 Å². The Hall–Kier alpha value is -1.95. The van der Waals surface area contributed by atoms with Crippen LogP contribution >= 0.6 is 12.2 Å². The van der Waals surface area contributed by atoms with E-state index in [1.54, 1.807) is 23.0 Å². The highest BCUT2D eigenvalue weighted by molar-refractivity contribution is 7.80. The molecular formula is C14H17FN4S. The van der Waals surface area contributed by atoms with Crippen molar-refractivity contribution < 1.29 is 4.39 Å². The Labute approximate surface area is 123 Å². The second-order valence-corrected chi connectivity index (χ2v) is 5.21. The highest BCUT2D eigenvalue weighted by Crippen LogP contribution is 2.09. The molecule has 2 aromatic rings. The summed E-state index contributed by atoms with van der Waals surface area (Å²) in [6.07, 6.45) is 3.56. The van der Waals surface area contributed by atoms with E-state index in [1.165, 1.54) is 12.1 Å². The van der Waals surface area contributed by atoms with E-state index in [4.69, 9.17) is 12.2 Å². The molecule has 0 aliphatic heterocycles. The van der Waals surface area contributed by atoms with Gasteiger partial charge in [-0.1, -0.05) is 12.1 Å². The summed E-state index contributed by atoms with van der Waals surface area (Å²) >= 11 is 5.16. The van der Waals surface area contributed by atoms with Gasteiger partial charge in [-0.05, 0) is 43.8 Å². The molecule has 0 saturated carbocycles. The zero-order chi connectivity index (χ0) is 14.5. The number of nitrogens with zero attached hydrogens (tertiary/aromatic N) is 2. The van der Waals surface area contributed by atoms with Crippen LogP contribution in [0.5, 0.6) is 0 Å². The van der Waals surface area contributed by atoms with Crippen LogP contribution in [0.3, 0.4) is 0 Å². The zero-order valence-electron chi connectivity index (χ0n) is 11.4. The van der Waals surface area contributed by atoms with Gasteiger partial charge in [-0.15, -0.1) is 0 Å². The first-order valence-electron chi connectivity index (χ1n) is 6.37. The number of halogens is 1. The molecule has 1 aromatic heterocycles. The van der Waals surface area contributed by atoms with Crippen LogP contribution in [0.15, 0.2) is 36.7 Å². The van der Waals surface area contributed by atoms with Gasteiger partial charge < -0.3 is 10.6 Å². The van der Waals surface area contributed by atoms with Crippen molar-refractivity contribution in [3.8, 4) is 0 Å². The molecule has 0 radical (unpaired) electrons. The summed E-state index contributed by atoms with van der Waals surface area (Å²) in [6.45, 7) is 4.63. The maximum absolute atomic E-state index is 12.8. The molecule has 0 aliphatic carbocycles. The fourth-order valence-electron chi connectivity index (χ4n) is 1.72. The van der Waals surface area contributed by atoms with Crippen LogP contribution in [0, 0.1) is 5.82 Å². The Balaban J connectivity index is 1.95. The fraction of sp³-hybridized carbons (Fsp3) is 0.286. The van der Waals surface area contributed by atoms with Crippen molar-refractivity contribution >= 4 is 23.0 Å². The lowest BCUT2D eigenvalue weighted by molar-refractivity contribution is 0.624. The molecule has 0 spiro atoms. The molecule has 0 amide bonds. The molecule has 106 valence electrons. The predicted molar refractivity (Wildman–Crippen MR) is 82.2 cm³/mol. The normalized spacial score (nSPS) is 10.6. The van der Waals surface area contributed by atoms with E-state index in [2.05, 4.69) is 15.7 Å². The number of benzene rings is 1. The molecule has 0 aliphatic rings. The molecule has 2 N–H and O–H groups in total. The average Bonchev–Trinajstić information content (AvgIpc) is 2.78. The molecular weight excluding hydrogens is 275 g/mol. The first-order chi connectivity index (χ1) is 9.52. The highest BCUT2D eigenvalue weighted by atomic mass is 32.1. The minimum Gasteiger partial charge on any atom is -0.360 e. The van der Waals surface area contributed by atoms with Gasteiger partial charge in [-0.2, -0.15) is 5.10 Å². The van der Waals surface area contributed by atoms with Crippen LogP contribution < -0.4 is 10.6 Å². The van der Waals surface area contributed by atoms with Crippen molar-refractivity contribution in [1.29, 1.82) is 0 Å². The summed E-state index contributed by atoms with van der Waals surface area (Å²) < 4.78 is 14.6. The quantitative estimate of drug-likeness (QED) is 0.850. The molecule has 0 fully saturated rings. The monoisotopic (exact) mass is 292 g/mol. The minimum absolute atomic E-state index is 0.235. The van der Waals surface area contributed by atoms with Gasteiger partial charge in [0.05, 0.1) is 18.4 Å². The number of hydrogen-bond acceptors (Lipinski definition) is 2. The van der Waals surface area contributed by atoms with E-state index in [0.29, 0.717) is 11.7 Å². The first kappa shape index (κ1) is 14.5. The van der Waals surface area contributed by atoms with Gasteiger partial charge in [0.25, 0.3) is 0 Å². The van der Waals surface area contributed by atoms with E-state index in [1.807, 2.05) is 20.0 Å². The number of hydrogen-bond donors (Lipinski definition) is 2. The van der Waals surface area contributed by atoms with Crippen LogP contribution in [0.2, 0.25) is 0 Å². The number of nitrogens with one attached hydrogen (secondary N) is 2. The lowest BCUT2D eigenvalue weighted by atomic mass is 10.2. The van der Waals surface area contributed by atoms with Gasteiger partial charge >= 0.3 is 0 Å². The third-order valence-corrected chi connectivity index (χ3v) is 2.79. The molecule has 6 heteroatoms. The summed E-state index contributed by atoms with van der Waals surface area (Å²) in [4.78, 5) is 0. The van der Waals surface area contributed by atoms with E-state index < -0.39 is 0 Å². The lowest BCUT2D eigenvalue weighted by Crippen LogP contribution is -2.33. The SMILES string of the molecule is CC(C)NC(=S)Nc1cnn(Cc2ccc(F)cc2)c1. The van der Waals surface area contributed by atoms with E-state index >= 15 is 0 Å². The molecule has 1 aromatic carbocycles. The Kier molecular flexibility index (Phi) is 4.68. The molecule has 0 bridgehead atoms. The van der Waals surface area contributed by atoms with E-state index in [0.717, 1.165) is 11.3 Å². The van der Waals surface area contributed by atoms with Crippen LogP contribution in [0.25, 0.3) is 0 Å². The summed E-state index contributed by atoms with van der Waals surface area (Å²) in [6, 6.07) is 6.66. The van der Waals surface area contributed by atoms with Crippen molar-refractivity contribution in [2.75, 3.05) is 5.32 Å². The van der Waals surface area contributed by atoms with Crippen molar-refractivity contribution in [2.45, 2.75) is 26.4 Å². The van der Waals surface area contributed by atoms with Crippen LogP contribution in [0.4, 0.5) is 10.1 Å². The van der Waals surface area contributed by atoms with Gasteiger partial charge in [-0.3, -0.25) is 4.68 Å². The number of thiocarbonyl (C=S) groups is 1. The molecule has 0 atom stereocenters. The molecule has 20 heavy (non-hydrogen) atoms. The molecule has 0 unspecified atom stereocenters. The summed E-state index contributed by atoms with van der Waals surface area (Å²) in [5, 5.41) is 11.0. The third kappa shape index (κ3) is 4.31. The van der Waals surface area contributed by atoms with Gasteiger partial charge in [0.2, 0.25) is 0 Å². The van der Waals surface area contributed by atoms with Crippen molar-refractivity contribution in [2.24, 2.45) is 0 Å². The first-order valence-corrected chi connectivity index (χ1v) is 6.78. The van der Waals surface area contributed by atoms with Gasteiger partial charge in [0.1, 0.15) is 5.82 Å².